The summed E-state index contributed by atoms with van der Waals surface area (Å²) in [5.41, 5.74) is 0.169. The van der Waals surface area contributed by atoms with E-state index in [-0.39, 0.29) is 17.8 Å². The predicted molar refractivity (Wildman–Crippen MR) is 111 cm³/mol. The Hall–Kier alpha value is -3.43. The maximum absolute atomic E-state index is 12.9. The Kier molecular flexibility index (Phi) is 5.88. The molecule has 3 heterocycles. The van der Waals surface area contributed by atoms with E-state index in [4.69, 9.17) is 0 Å². The molecular formula is C21H21F3N6O. The summed E-state index contributed by atoms with van der Waals surface area (Å²) in [6, 6.07) is 6.92. The highest BCUT2D eigenvalue weighted by Gasteiger charge is 2.30. The number of nitrogens with zero attached hydrogens (tertiary/aromatic N) is 5. The number of anilines is 2. The molecule has 10 heteroatoms. The van der Waals surface area contributed by atoms with Crippen LogP contribution >= 0.6 is 0 Å². The van der Waals surface area contributed by atoms with Crippen molar-refractivity contribution < 1.29 is 18.0 Å². The normalized spacial score (nSPS) is 14.7. The number of nitrogens with one attached hydrogen (secondary N) is 1. The molecule has 0 atom stereocenters. The SMILES string of the molecule is O=C(CCNc1ccnc2cc(C(F)(F)F)ccc12)N1CCN(c2ncccn2)CC1. The standard InChI is InChI=1S/C21H21F3N6O/c22-21(23,24)15-2-3-16-17(4-8-26-18(16)14-15)25-9-5-19(31)29-10-12-30(13-11-29)20-27-6-1-7-28-20/h1-4,6-8,14H,5,9-13H2,(H,25,26). The number of carbonyl (C=O) groups excluding carboxylic acids is 1. The Morgan fingerprint density at radius 1 is 1.00 bits per heavy atom. The Labute approximate surface area is 176 Å². The van der Waals surface area contributed by atoms with Crippen LogP contribution in [0.2, 0.25) is 0 Å². The van der Waals surface area contributed by atoms with Crippen LogP contribution in [0.4, 0.5) is 24.8 Å². The molecule has 0 saturated carbocycles. The number of alkyl halides is 3. The van der Waals surface area contributed by atoms with Gasteiger partial charge in [-0.1, -0.05) is 6.07 Å². The van der Waals surface area contributed by atoms with Crippen molar-refractivity contribution in [1.29, 1.82) is 0 Å². The van der Waals surface area contributed by atoms with Gasteiger partial charge in [0, 0.05) is 68.8 Å². The molecule has 0 unspecified atom stereocenters. The van der Waals surface area contributed by atoms with Crippen LogP contribution in [-0.2, 0) is 11.0 Å². The Morgan fingerprint density at radius 2 is 1.74 bits per heavy atom. The van der Waals surface area contributed by atoms with Gasteiger partial charge < -0.3 is 15.1 Å². The van der Waals surface area contributed by atoms with Crippen LogP contribution < -0.4 is 10.2 Å². The van der Waals surface area contributed by atoms with E-state index in [1.807, 2.05) is 4.90 Å². The number of rotatable bonds is 5. The first kappa shape index (κ1) is 20.8. The zero-order chi connectivity index (χ0) is 21.8. The number of halogens is 3. The van der Waals surface area contributed by atoms with Crippen molar-refractivity contribution in [3.63, 3.8) is 0 Å². The number of hydrogen-bond donors (Lipinski definition) is 1. The molecule has 1 aliphatic rings. The van der Waals surface area contributed by atoms with Crippen molar-refractivity contribution in [2.45, 2.75) is 12.6 Å². The minimum atomic E-state index is -4.41. The third-order valence-electron chi connectivity index (χ3n) is 5.19. The van der Waals surface area contributed by atoms with E-state index in [0.29, 0.717) is 49.7 Å². The zero-order valence-electron chi connectivity index (χ0n) is 16.6. The summed E-state index contributed by atoms with van der Waals surface area (Å²) in [4.78, 5) is 28.9. The number of carbonyl (C=O) groups is 1. The van der Waals surface area contributed by atoms with E-state index in [0.717, 1.165) is 12.1 Å². The highest BCUT2D eigenvalue weighted by Crippen LogP contribution is 2.32. The Bertz CT molecular complexity index is 1050. The number of fused-ring (bicyclic) bond motifs is 1. The molecular weight excluding hydrogens is 409 g/mol. The maximum Gasteiger partial charge on any atom is 0.416 e. The van der Waals surface area contributed by atoms with Gasteiger partial charge in [-0.05, 0) is 24.3 Å². The number of benzene rings is 1. The average molecular weight is 430 g/mol. The fourth-order valence-corrected chi connectivity index (χ4v) is 3.55. The van der Waals surface area contributed by atoms with Crippen molar-refractivity contribution in [3.05, 3.63) is 54.5 Å². The van der Waals surface area contributed by atoms with Crippen molar-refractivity contribution in [2.75, 3.05) is 42.9 Å². The number of piperazine rings is 1. The van der Waals surface area contributed by atoms with Crippen LogP contribution in [0.5, 0.6) is 0 Å². The summed E-state index contributed by atoms with van der Waals surface area (Å²) in [5.74, 6) is 0.688. The van der Waals surface area contributed by atoms with Gasteiger partial charge in [-0.3, -0.25) is 9.78 Å². The molecule has 1 aromatic carbocycles. The van der Waals surface area contributed by atoms with Crippen molar-refractivity contribution in [1.82, 2.24) is 19.9 Å². The summed E-state index contributed by atoms with van der Waals surface area (Å²) in [6.45, 7) is 2.89. The monoisotopic (exact) mass is 430 g/mol. The fourth-order valence-electron chi connectivity index (χ4n) is 3.55. The lowest BCUT2D eigenvalue weighted by molar-refractivity contribution is -0.137. The van der Waals surface area contributed by atoms with E-state index in [2.05, 4.69) is 20.3 Å². The molecule has 4 rings (SSSR count). The second kappa shape index (κ2) is 8.75. The van der Waals surface area contributed by atoms with Crippen molar-refractivity contribution in [2.24, 2.45) is 0 Å². The van der Waals surface area contributed by atoms with Gasteiger partial charge in [-0.15, -0.1) is 0 Å². The third kappa shape index (κ3) is 4.84. The number of aromatic nitrogens is 3. The van der Waals surface area contributed by atoms with Gasteiger partial charge in [0.25, 0.3) is 0 Å². The van der Waals surface area contributed by atoms with Crippen LogP contribution in [0.25, 0.3) is 10.9 Å². The molecule has 1 saturated heterocycles. The van der Waals surface area contributed by atoms with Gasteiger partial charge in [0.2, 0.25) is 11.9 Å². The van der Waals surface area contributed by atoms with Crippen LogP contribution in [0, 0.1) is 0 Å². The van der Waals surface area contributed by atoms with Gasteiger partial charge in [0.15, 0.2) is 0 Å². The van der Waals surface area contributed by atoms with Gasteiger partial charge in [0.1, 0.15) is 0 Å². The van der Waals surface area contributed by atoms with Crippen molar-refractivity contribution >= 4 is 28.4 Å². The zero-order valence-corrected chi connectivity index (χ0v) is 16.6. The molecule has 1 amide bonds. The minimum Gasteiger partial charge on any atom is -0.384 e. The lowest BCUT2D eigenvalue weighted by atomic mass is 10.1. The van der Waals surface area contributed by atoms with E-state index >= 15 is 0 Å². The minimum absolute atomic E-state index is 0.0267. The highest BCUT2D eigenvalue weighted by atomic mass is 19.4. The quantitative estimate of drug-likeness (QED) is 0.670. The first-order valence-electron chi connectivity index (χ1n) is 9.91. The molecule has 1 N–H and O–H groups in total. The fraction of sp³-hybridized carbons (Fsp3) is 0.333. The average Bonchev–Trinajstić information content (AvgIpc) is 2.79. The summed E-state index contributed by atoms with van der Waals surface area (Å²) in [7, 11) is 0. The molecule has 31 heavy (non-hydrogen) atoms. The molecule has 2 aromatic heterocycles. The molecule has 0 spiro atoms. The molecule has 0 bridgehead atoms. The van der Waals surface area contributed by atoms with E-state index < -0.39 is 11.7 Å². The van der Waals surface area contributed by atoms with Gasteiger partial charge in [-0.2, -0.15) is 13.2 Å². The maximum atomic E-state index is 12.9. The smallest absolute Gasteiger partial charge is 0.384 e. The van der Waals surface area contributed by atoms with E-state index in [1.54, 1.807) is 29.4 Å². The number of pyridine rings is 1. The Morgan fingerprint density at radius 3 is 2.45 bits per heavy atom. The molecule has 1 aliphatic heterocycles. The summed E-state index contributed by atoms with van der Waals surface area (Å²) in [6.07, 6.45) is 0.711. The molecule has 0 aliphatic carbocycles. The van der Waals surface area contributed by atoms with Crippen LogP contribution in [0.3, 0.4) is 0 Å². The van der Waals surface area contributed by atoms with Gasteiger partial charge >= 0.3 is 6.18 Å². The molecule has 3 aromatic rings. The van der Waals surface area contributed by atoms with Crippen molar-refractivity contribution in [3.8, 4) is 0 Å². The molecule has 162 valence electrons. The van der Waals surface area contributed by atoms with E-state index in [1.165, 1.54) is 12.3 Å². The third-order valence-corrected chi connectivity index (χ3v) is 5.19. The second-order valence-electron chi connectivity index (χ2n) is 7.18. The van der Waals surface area contributed by atoms with Crippen LogP contribution in [-0.4, -0.2) is 58.5 Å². The van der Waals surface area contributed by atoms with Gasteiger partial charge in [-0.25, -0.2) is 9.97 Å². The predicted octanol–water partition coefficient (Wildman–Crippen LogP) is 3.19. The second-order valence-corrected chi connectivity index (χ2v) is 7.18. The molecule has 7 nitrogen and oxygen atoms in total. The lowest BCUT2D eigenvalue weighted by Gasteiger charge is -2.34. The Balaban J connectivity index is 1.31. The highest BCUT2D eigenvalue weighted by molar-refractivity contribution is 5.91. The topological polar surface area (TPSA) is 74.2 Å². The number of hydrogen-bond acceptors (Lipinski definition) is 6. The van der Waals surface area contributed by atoms with Crippen LogP contribution in [0.15, 0.2) is 48.9 Å². The largest absolute Gasteiger partial charge is 0.416 e. The molecule has 0 radical (unpaired) electrons. The first-order valence-corrected chi connectivity index (χ1v) is 9.91. The number of amides is 1. The molecule has 1 fully saturated rings. The lowest BCUT2D eigenvalue weighted by Crippen LogP contribution is -2.49. The summed E-state index contributed by atoms with van der Waals surface area (Å²) >= 11 is 0. The van der Waals surface area contributed by atoms with Gasteiger partial charge in [0.05, 0.1) is 11.1 Å². The van der Waals surface area contributed by atoms with E-state index in [9.17, 15) is 18.0 Å². The first-order chi connectivity index (χ1) is 14.9. The van der Waals surface area contributed by atoms with Crippen LogP contribution in [0.1, 0.15) is 12.0 Å². The summed E-state index contributed by atoms with van der Waals surface area (Å²) in [5, 5.41) is 3.73. The summed E-state index contributed by atoms with van der Waals surface area (Å²) < 4.78 is 38.7.